The molecule has 148 valence electrons. The largest absolute Gasteiger partial charge is 0.391 e. The maximum Gasteiger partial charge on any atom is 0.212 e. The van der Waals surface area contributed by atoms with Crippen LogP contribution in [-0.2, 0) is 11.4 Å². The lowest BCUT2D eigenvalue weighted by Crippen LogP contribution is -2.07. The van der Waals surface area contributed by atoms with E-state index in [2.05, 4.69) is 15.2 Å². The Bertz CT molecular complexity index is 1150. The molecule has 4 rings (SSSR count). The molecule has 0 aliphatic rings. The second-order valence-electron chi connectivity index (χ2n) is 6.15. The summed E-state index contributed by atoms with van der Waals surface area (Å²) >= 11 is 15.2. The summed E-state index contributed by atoms with van der Waals surface area (Å²) in [4.78, 5) is 12.9. The molecule has 2 aromatic carbocycles. The smallest absolute Gasteiger partial charge is 0.212 e. The van der Waals surface area contributed by atoms with E-state index in [0.717, 1.165) is 36.7 Å². The standard InChI is InChI=1S/C20H16Cl2N4OS2/c1-13-19(29-20-23-12-24-26(13)20)18(11-28-17-7-5-15(21)6-8-17)25-27-10-14-3-2-4-16(22)9-14/h2-9,12H,10-11H2,1H3/b25-18+. The van der Waals surface area contributed by atoms with Crippen molar-refractivity contribution >= 4 is 57.0 Å². The van der Waals surface area contributed by atoms with Gasteiger partial charge in [-0.15, -0.1) is 11.8 Å². The van der Waals surface area contributed by atoms with Gasteiger partial charge in [-0.1, -0.05) is 51.8 Å². The summed E-state index contributed by atoms with van der Waals surface area (Å²) in [6.45, 7) is 2.35. The van der Waals surface area contributed by atoms with Crippen LogP contribution in [0.4, 0.5) is 0 Å². The molecule has 9 heteroatoms. The summed E-state index contributed by atoms with van der Waals surface area (Å²) < 4.78 is 1.82. The predicted molar refractivity (Wildman–Crippen MR) is 121 cm³/mol. The van der Waals surface area contributed by atoms with E-state index < -0.39 is 0 Å². The third-order valence-corrected chi connectivity index (χ3v) is 6.81. The minimum Gasteiger partial charge on any atom is -0.391 e. The van der Waals surface area contributed by atoms with Crippen molar-refractivity contribution in [1.29, 1.82) is 0 Å². The first-order valence-corrected chi connectivity index (χ1v) is 11.3. The number of hydrogen-bond acceptors (Lipinski definition) is 6. The van der Waals surface area contributed by atoms with Crippen molar-refractivity contribution < 1.29 is 4.84 Å². The van der Waals surface area contributed by atoms with Crippen LogP contribution < -0.4 is 0 Å². The van der Waals surface area contributed by atoms with E-state index >= 15 is 0 Å². The molecule has 5 nitrogen and oxygen atoms in total. The molecular formula is C20H16Cl2N4OS2. The van der Waals surface area contributed by atoms with E-state index in [1.54, 1.807) is 29.4 Å². The number of hydrogen-bond donors (Lipinski definition) is 0. The van der Waals surface area contributed by atoms with Gasteiger partial charge in [0.2, 0.25) is 4.96 Å². The Labute approximate surface area is 186 Å². The molecule has 29 heavy (non-hydrogen) atoms. The van der Waals surface area contributed by atoms with Gasteiger partial charge in [-0.25, -0.2) is 9.50 Å². The molecule has 0 amide bonds. The highest BCUT2D eigenvalue weighted by Crippen LogP contribution is 2.26. The van der Waals surface area contributed by atoms with E-state index in [-0.39, 0.29) is 0 Å². The Hall–Kier alpha value is -2.06. The van der Waals surface area contributed by atoms with E-state index in [4.69, 9.17) is 28.0 Å². The zero-order chi connectivity index (χ0) is 20.2. The number of halogens is 2. The molecule has 0 aliphatic heterocycles. The van der Waals surface area contributed by atoms with Crippen molar-refractivity contribution in [2.24, 2.45) is 5.16 Å². The van der Waals surface area contributed by atoms with Gasteiger partial charge in [0.05, 0.1) is 10.6 Å². The van der Waals surface area contributed by atoms with Crippen molar-refractivity contribution in [3.05, 3.63) is 81.0 Å². The highest BCUT2D eigenvalue weighted by atomic mass is 35.5. The molecule has 0 aliphatic carbocycles. The van der Waals surface area contributed by atoms with Crippen LogP contribution in [0.25, 0.3) is 4.96 Å². The number of thioether (sulfide) groups is 1. The van der Waals surface area contributed by atoms with Gasteiger partial charge >= 0.3 is 0 Å². The van der Waals surface area contributed by atoms with E-state index in [1.165, 1.54) is 0 Å². The summed E-state index contributed by atoms with van der Waals surface area (Å²) in [6, 6.07) is 15.3. The van der Waals surface area contributed by atoms with E-state index in [0.29, 0.717) is 17.4 Å². The fourth-order valence-electron chi connectivity index (χ4n) is 2.69. The predicted octanol–water partition coefficient (Wildman–Crippen LogP) is 6.12. The number of nitrogens with zero attached hydrogens (tertiary/aromatic N) is 4. The first-order chi connectivity index (χ1) is 14.1. The number of aromatic nitrogens is 3. The van der Waals surface area contributed by atoms with Crippen LogP contribution >= 0.6 is 46.3 Å². The third-order valence-electron chi connectivity index (χ3n) is 4.10. The summed E-state index contributed by atoms with van der Waals surface area (Å²) in [5.41, 5.74) is 2.79. The lowest BCUT2D eigenvalue weighted by molar-refractivity contribution is 0.130. The number of rotatable bonds is 7. The molecule has 4 aromatic rings. The Kier molecular flexibility index (Phi) is 6.40. The number of benzene rings is 2. The van der Waals surface area contributed by atoms with Crippen LogP contribution in [0.1, 0.15) is 16.1 Å². The summed E-state index contributed by atoms with van der Waals surface area (Å²) in [5, 5.41) is 10.1. The summed E-state index contributed by atoms with van der Waals surface area (Å²) in [6.07, 6.45) is 1.55. The highest BCUT2D eigenvalue weighted by molar-refractivity contribution is 8.00. The van der Waals surface area contributed by atoms with Crippen LogP contribution in [0.5, 0.6) is 0 Å². The average molecular weight is 463 g/mol. The fourth-order valence-corrected chi connectivity index (χ4v) is 4.96. The van der Waals surface area contributed by atoms with Gasteiger partial charge < -0.3 is 4.84 Å². The van der Waals surface area contributed by atoms with Gasteiger partial charge in [-0.3, -0.25) is 0 Å². The van der Waals surface area contributed by atoms with Crippen LogP contribution in [0, 0.1) is 6.92 Å². The monoisotopic (exact) mass is 462 g/mol. The molecule has 0 N–H and O–H groups in total. The van der Waals surface area contributed by atoms with Crippen molar-refractivity contribution in [2.45, 2.75) is 18.4 Å². The quantitative estimate of drug-likeness (QED) is 0.188. The van der Waals surface area contributed by atoms with Crippen LogP contribution in [0.2, 0.25) is 10.0 Å². The SMILES string of the molecule is Cc1c(/C(CSc2ccc(Cl)cc2)=N/OCc2cccc(Cl)c2)sc2ncnn12. The maximum atomic E-state index is 6.05. The van der Waals surface area contributed by atoms with Crippen LogP contribution in [0.3, 0.4) is 0 Å². The first-order valence-electron chi connectivity index (χ1n) is 8.71. The van der Waals surface area contributed by atoms with E-state index in [1.807, 2.05) is 60.0 Å². The first kappa shape index (κ1) is 20.2. The van der Waals surface area contributed by atoms with Crippen molar-refractivity contribution in [1.82, 2.24) is 14.6 Å². The maximum absolute atomic E-state index is 6.05. The molecule has 0 spiro atoms. The van der Waals surface area contributed by atoms with Crippen molar-refractivity contribution in [2.75, 3.05) is 5.75 Å². The molecule has 0 fully saturated rings. The van der Waals surface area contributed by atoms with Gasteiger partial charge in [-0.05, 0) is 48.9 Å². The topological polar surface area (TPSA) is 51.8 Å². The van der Waals surface area contributed by atoms with Crippen LogP contribution in [-0.4, -0.2) is 26.1 Å². The minimum atomic E-state index is 0.343. The van der Waals surface area contributed by atoms with Gasteiger partial charge in [-0.2, -0.15) is 5.10 Å². The normalized spacial score (nSPS) is 11.9. The lowest BCUT2D eigenvalue weighted by atomic mass is 10.2. The second-order valence-corrected chi connectivity index (χ2v) is 9.05. The molecular weight excluding hydrogens is 447 g/mol. The van der Waals surface area contributed by atoms with Crippen molar-refractivity contribution in [3.63, 3.8) is 0 Å². The van der Waals surface area contributed by atoms with E-state index in [9.17, 15) is 0 Å². The molecule has 0 atom stereocenters. The number of thiazole rings is 1. The number of oxime groups is 1. The lowest BCUT2D eigenvalue weighted by Gasteiger charge is -2.07. The van der Waals surface area contributed by atoms with Gasteiger partial charge in [0.25, 0.3) is 0 Å². The molecule has 0 unspecified atom stereocenters. The molecule has 0 saturated heterocycles. The summed E-state index contributed by atoms with van der Waals surface area (Å²) in [7, 11) is 0. The Morgan fingerprint density at radius 1 is 1.17 bits per heavy atom. The minimum absolute atomic E-state index is 0.343. The summed E-state index contributed by atoms with van der Waals surface area (Å²) in [5.74, 6) is 0.641. The zero-order valence-electron chi connectivity index (χ0n) is 15.4. The second kappa shape index (κ2) is 9.17. The Morgan fingerprint density at radius 3 is 2.76 bits per heavy atom. The molecule has 2 aromatic heterocycles. The van der Waals surface area contributed by atoms with Gasteiger partial charge in [0.1, 0.15) is 18.6 Å². The average Bonchev–Trinajstić information content (AvgIpc) is 3.29. The van der Waals surface area contributed by atoms with Crippen LogP contribution in [0.15, 0.2) is 64.9 Å². The fraction of sp³-hybridized carbons (Fsp3) is 0.150. The Morgan fingerprint density at radius 2 is 2.00 bits per heavy atom. The molecule has 2 heterocycles. The number of aryl methyl sites for hydroxylation is 1. The Balaban J connectivity index is 1.56. The number of fused-ring (bicyclic) bond motifs is 1. The highest BCUT2D eigenvalue weighted by Gasteiger charge is 2.17. The third kappa shape index (κ3) is 4.93. The van der Waals surface area contributed by atoms with Gasteiger partial charge in [0, 0.05) is 20.7 Å². The van der Waals surface area contributed by atoms with Crippen molar-refractivity contribution in [3.8, 4) is 0 Å². The molecule has 0 radical (unpaired) electrons. The molecule has 0 bridgehead atoms. The van der Waals surface area contributed by atoms with Gasteiger partial charge in [0.15, 0.2) is 0 Å². The molecule has 0 saturated carbocycles. The zero-order valence-corrected chi connectivity index (χ0v) is 18.5.